The van der Waals surface area contributed by atoms with Gasteiger partial charge >= 0.3 is 0 Å². The fourth-order valence-electron chi connectivity index (χ4n) is 2.91. The predicted octanol–water partition coefficient (Wildman–Crippen LogP) is 3.22. The normalized spacial score (nSPS) is 24.4. The summed E-state index contributed by atoms with van der Waals surface area (Å²) in [7, 11) is 0. The lowest BCUT2D eigenvalue weighted by molar-refractivity contribution is 0.0924. The monoisotopic (exact) mass is 245 g/mol. The van der Waals surface area contributed by atoms with E-state index in [0.717, 1.165) is 23.2 Å². The van der Waals surface area contributed by atoms with E-state index >= 15 is 0 Å². The maximum Gasteiger partial charge on any atom is 0.177 e. The maximum atomic E-state index is 12.4. The fraction of sp³-hybridized carbons (Fsp3) is 0.562. The van der Waals surface area contributed by atoms with Crippen molar-refractivity contribution in [3.8, 4) is 0 Å². The highest BCUT2D eigenvalue weighted by Crippen LogP contribution is 2.23. The molecular weight excluding hydrogens is 222 g/mol. The topological polar surface area (TPSA) is 20.3 Å². The summed E-state index contributed by atoms with van der Waals surface area (Å²) in [4.78, 5) is 14.7. The number of carbonyl (C=O) groups excluding carboxylic acids is 1. The quantitative estimate of drug-likeness (QED) is 0.762. The van der Waals surface area contributed by atoms with Gasteiger partial charge in [0.1, 0.15) is 0 Å². The first-order chi connectivity index (χ1) is 8.47. The minimum Gasteiger partial charge on any atom is -0.293 e. The van der Waals surface area contributed by atoms with Crippen LogP contribution in [0.2, 0.25) is 0 Å². The average molecular weight is 245 g/mol. The Bertz CT molecular complexity index is 452. The van der Waals surface area contributed by atoms with Crippen LogP contribution in [0.25, 0.3) is 0 Å². The van der Waals surface area contributed by atoms with E-state index in [9.17, 15) is 4.79 Å². The van der Waals surface area contributed by atoms with Crippen LogP contribution in [0.15, 0.2) is 18.2 Å². The van der Waals surface area contributed by atoms with Crippen molar-refractivity contribution in [2.45, 2.75) is 40.2 Å². The van der Waals surface area contributed by atoms with Gasteiger partial charge in [-0.3, -0.25) is 9.69 Å². The highest BCUT2D eigenvalue weighted by Gasteiger charge is 2.27. The van der Waals surface area contributed by atoms with Gasteiger partial charge in [0.05, 0.1) is 6.54 Å². The second kappa shape index (κ2) is 5.23. The number of rotatable bonds is 3. The van der Waals surface area contributed by atoms with Crippen LogP contribution >= 0.6 is 0 Å². The third-order valence-corrected chi connectivity index (χ3v) is 3.95. The van der Waals surface area contributed by atoms with Crippen LogP contribution in [0.5, 0.6) is 0 Å². The first-order valence-electron chi connectivity index (χ1n) is 6.82. The Morgan fingerprint density at radius 3 is 2.67 bits per heavy atom. The first kappa shape index (κ1) is 13.3. The second-order valence-corrected chi connectivity index (χ2v) is 5.86. The summed E-state index contributed by atoms with van der Waals surface area (Å²) in [5.41, 5.74) is 3.14. The third kappa shape index (κ3) is 2.81. The summed E-state index contributed by atoms with van der Waals surface area (Å²) in [6, 6.07) is 6.65. The van der Waals surface area contributed by atoms with E-state index in [2.05, 4.69) is 24.8 Å². The van der Waals surface area contributed by atoms with E-state index in [4.69, 9.17) is 0 Å². The van der Waals surface area contributed by atoms with Gasteiger partial charge < -0.3 is 0 Å². The second-order valence-electron chi connectivity index (χ2n) is 5.86. The van der Waals surface area contributed by atoms with Gasteiger partial charge in [-0.15, -0.1) is 0 Å². The number of Topliss-reactive ketones (excluding diaryl/α,β-unsaturated/α-hetero) is 1. The standard InChI is InChI=1S/C16H23NO/c1-11-5-6-13(3)15(8-11)16(18)10-17-9-12(2)7-14(17)4/h5-6,8,12,14H,7,9-10H2,1-4H3. The number of nitrogens with zero attached hydrogens (tertiary/aromatic N) is 1. The third-order valence-electron chi connectivity index (χ3n) is 3.95. The molecule has 18 heavy (non-hydrogen) atoms. The fourth-order valence-corrected chi connectivity index (χ4v) is 2.91. The number of carbonyl (C=O) groups is 1. The summed E-state index contributed by atoms with van der Waals surface area (Å²) in [6.07, 6.45) is 1.21. The van der Waals surface area contributed by atoms with Gasteiger partial charge in [0, 0.05) is 18.2 Å². The lowest BCUT2D eigenvalue weighted by Crippen LogP contribution is -2.33. The van der Waals surface area contributed by atoms with E-state index < -0.39 is 0 Å². The van der Waals surface area contributed by atoms with Crippen molar-refractivity contribution in [3.63, 3.8) is 0 Å². The minimum absolute atomic E-state index is 0.261. The molecule has 0 bridgehead atoms. The van der Waals surface area contributed by atoms with Crippen LogP contribution in [0, 0.1) is 19.8 Å². The molecule has 1 aromatic rings. The zero-order valence-electron chi connectivity index (χ0n) is 11.9. The Balaban J connectivity index is 2.10. The Morgan fingerprint density at radius 2 is 2.06 bits per heavy atom. The van der Waals surface area contributed by atoms with Gasteiger partial charge in [-0.05, 0) is 44.7 Å². The zero-order valence-corrected chi connectivity index (χ0v) is 11.9. The van der Waals surface area contributed by atoms with Crippen molar-refractivity contribution in [1.29, 1.82) is 0 Å². The van der Waals surface area contributed by atoms with E-state index in [1.807, 2.05) is 26.0 Å². The molecule has 1 aliphatic heterocycles. The summed E-state index contributed by atoms with van der Waals surface area (Å²) >= 11 is 0. The highest BCUT2D eigenvalue weighted by molar-refractivity contribution is 5.99. The Morgan fingerprint density at radius 1 is 1.33 bits per heavy atom. The molecular formula is C16H23NO. The molecule has 1 saturated heterocycles. The van der Waals surface area contributed by atoms with Gasteiger partial charge in [-0.2, -0.15) is 0 Å². The van der Waals surface area contributed by atoms with E-state index in [-0.39, 0.29) is 5.78 Å². The molecule has 0 aromatic heterocycles. The van der Waals surface area contributed by atoms with Crippen LogP contribution in [0.3, 0.4) is 0 Å². The molecule has 1 aliphatic rings. The van der Waals surface area contributed by atoms with Crippen LogP contribution < -0.4 is 0 Å². The van der Waals surface area contributed by atoms with Crippen molar-refractivity contribution in [3.05, 3.63) is 34.9 Å². The van der Waals surface area contributed by atoms with Crippen molar-refractivity contribution < 1.29 is 4.79 Å². The number of benzene rings is 1. The smallest absolute Gasteiger partial charge is 0.177 e. The number of likely N-dealkylation sites (tertiary alicyclic amines) is 1. The molecule has 0 amide bonds. The molecule has 1 aromatic carbocycles. The molecule has 0 radical (unpaired) electrons. The first-order valence-corrected chi connectivity index (χ1v) is 6.82. The van der Waals surface area contributed by atoms with E-state index in [1.54, 1.807) is 0 Å². The molecule has 2 nitrogen and oxygen atoms in total. The lowest BCUT2D eigenvalue weighted by Gasteiger charge is -2.20. The Hall–Kier alpha value is -1.15. The molecule has 2 atom stereocenters. The molecule has 0 saturated carbocycles. The molecule has 0 N–H and O–H groups in total. The van der Waals surface area contributed by atoms with Crippen LogP contribution in [0.1, 0.15) is 41.8 Å². The highest BCUT2D eigenvalue weighted by atomic mass is 16.1. The van der Waals surface area contributed by atoms with Crippen molar-refractivity contribution in [1.82, 2.24) is 4.90 Å². The summed E-state index contributed by atoms with van der Waals surface area (Å²) in [5, 5.41) is 0. The summed E-state index contributed by atoms with van der Waals surface area (Å²) in [6.45, 7) is 10.2. The van der Waals surface area contributed by atoms with Crippen molar-refractivity contribution in [2.75, 3.05) is 13.1 Å². The number of hydrogen-bond acceptors (Lipinski definition) is 2. The van der Waals surface area contributed by atoms with Crippen LogP contribution in [0.4, 0.5) is 0 Å². The largest absolute Gasteiger partial charge is 0.293 e. The minimum atomic E-state index is 0.261. The number of aryl methyl sites for hydroxylation is 2. The predicted molar refractivity (Wildman–Crippen MR) is 75.1 cm³/mol. The molecule has 2 heteroatoms. The van der Waals surface area contributed by atoms with Crippen LogP contribution in [-0.4, -0.2) is 29.8 Å². The summed E-state index contributed by atoms with van der Waals surface area (Å²) < 4.78 is 0. The molecule has 98 valence electrons. The molecule has 2 unspecified atom stereocenters. The number of ketones is 1. The lowest BCUT2D eigenvalue weighted by atomic mass is 10.0. The van der Waals surface area contributed by atoms with E-state index in [1.165, 1.54) is 6.42 Å². The van der Waals surface area contributed by atoms with E-state index in [0.29, 0.717) is 18.5 Å². The maximum absolute atomic E-state index is 12.4. The molecule has 0 spiro atoms. The van der Waals surface area contributed by atoms with Crippen LogP contribution in [-0.2, 0) is 0 Å². The van der Waals surface area contributed by atoms with Gasteiger partial charge in [0.25, 0.3) is 0 Å². The molecule has 0 aliphatic carbocycles. The van der Waals surface area contributed by atoms with Crippen molar-refractivity contribution >= 4 is 5.78 Å². The summed E-state index contributed by atoms with van der Waals surface area (Å²) in [5.74, 6) is 0.976. The molecule has 1 heterocycles. The van der Waals surface area contributed by atoms with Gasteiger partial charge in [0.15, 0.2) is 5.78 Å². The van der Waals surface area contributed by atoms with Crippen molar-refractivity contribution in [2.24, 2.45) is 5.92 Å². The molecule has 2 rings (SSSR count). The van der Waals surface area contributed by atoms with Gasteiger partial charge in [0.2, 0.25) is 0 Å². The van der Waals surface area contributed by atoms with Gasteiger partial charge in [-0.25, -0.2) is 0 Å². The molecule has 1 fully saturated rings. The SMILES string of the molecule is Cc1ccc(C)c(C(=O)CN2CC(C)CC2C)c1. The Kier molecular flexibility index (Phi) is 3.86. The zero-order chi connectivity index (χ0) is 13.3. The average Bonchev–Trinajstić information content (AvgIpc) is 2.61. The van der Waals surface area contributed by atoms with Gasteiger partial charge in [-0.1, -0.05) is 24.6 Å². The number of hydrogen-bond donors (Lipinski definition) is 0. The Labute approximate surface area is 110 Å².